The van der Waals surface area contributed by atoms with E-state index in [1.54, 1.807) is 6.07 Å². The molecule has 0 heterocycles. The fourth-order valence-corrected chi connectivity index (χ4v) is 1.94. The summed E-state index contributed by atoms with van der Waals surface area (Å²) in [6.07, 6.45) is 2.29. The molecule has 0 fully saturated rings. The molecule has 0 aliphatic rings. The zero-order valence-corrected chi connectivity index (χ0v) is 12.5. The van der Waals surface area contributed by atoms with Crippen molar-refractivity contribution in [3.63, 3.8) is 0 Å². The van der Waals surface area contributed by atoms with Gasteiger partial charge in [0.05, 0.1) is 11.6 Å². The van der Waals surface area contributed by atoms with Crippen molar-refractivity contribution in [2.75, 3.05) is 6.61 Å². The van der Waals surface area contributed by atoms with Crippen LogP contribution in [0.15, 0.2) is 23.4 Å². The first-order valence-corrected chi connectivity index (χ1v) is 6.81. The van der Waals surface area contributed by atoms with Gasteiger partial charge in [-0.25, -0.2) is 4.39 Å². The number of nitrogens with two attached hydrogens (primary N) is 1. The van der Waals surface area contributed by atoms with Crippen LogP contribution in [0.3, 0.4) is 0 Å². The second kappa shape index (κ2) is 7.33. The summed E-state index contributed by atoms with van der Waals surface area (Å²) in [5, 5.41) is 12.0. The zero-order chi connectivity index (χ0) is 15.2. The van der Waals surface area contributed by atoms with Crippen molar-refractivity contribution in [2.45, 2.75) is 33.1 Å². The number of oxime groups is 1. The summed E-state index contributed by atoms with van der Waals surface area (Å²) in [6.45, 7) is 4.17. The molecule has 0 spiro atoms. The van der Waals surface area contributed by atoms with Gasteiger partial charge < -0.3 is 15.7 Å². The zero-order valence-electron chi connectivity index (χ0n) is 11.7. The van der Waals surface area contributed by atoms with Gasteiger partial charge in [0.1, 0.15) is 5.84 Å². The van der Waals surface area contributed by atoms with Crippen molar-refractivity contribution in [3.8, 4) is 5.75 Å². The number of halogens is 2. The molecule has 1 rings (SSSR count). The van der Waals surface area contributed by atoms with Gasteiger partial charge in [0, 0.05) is 5.41 Å². The summed E-state index contributed by atoms with van der Waals surface area (Å²) in [4.78, 5) is 0. The van der Waals surface area contributed by atoms with Crippen molar-refractivity contribution in [3.05, 3.63) is 29.0 Å². The predicted molar refractivity (Wildman–Crippen MR) is 77.9 cm³/mol. The van der Waals surface area contributed by atoms with Gasteiger partial charge in [0.2, 0.25) is 0 Å². The van der Waals surface area contributed by atoms with E-state index in [9.17, 15) is 4.39 Å². The van der Waals surface area contributed by atoms with E-state index in [1.807, 2.05) is 13.8 Å². The molecule has 0 aliphatic heterocycles. The van der Waals surface area contributed by atoms with Crippen molar-refractivity contribution < 1.29 is 14.3 Å². The minimum Gasteiger partial charge on any atom is -0.489 e. The number of para-hydroxylation sites is 1. The topological polar surface area (TPSA) is 67.8 Å². The van der Waals surface area contributed by atoms with Crippen LogP contribution < -0.4 is 10.5 Å². The number of hydrogen-bond donors (Lipinski definition) is 2. The lowest BCUT2D eigenvalue weighted by Crippen LogP contribution is -2.31. The Morgan fingerprint density at radius 3 is 2.75 bits per heavy atom. The van der Waals surface area contributed by atoms with Gasteiger partial charge in [-0.3, -0.25) is 0 Å². The number of unbranched alkanes of at least 4 members (excludes halogenated alkanes) is 1. The summed E-state index contributed by atoms with van der Waals surface area (Å²) < 4.78 is 18.8. The summed E-state index contributed by atoms with van der Waals surface area (Å²) in [7, 11) is 0. The predicted octanol–water partition coefficient (Wildman–Crippen LogP) is 3.80. The average molecular weight is 303 g/mol. The van der Waals surface area contributed by atoms with Crippen LogP contribution in [0.1, 0.15) is 33.1 Å². The summed E-state index contributed by atoms with van der Waals surface area (Å²) in [6, 6.07) is 4.42. The van der Waals surface area contributed by atoms with E-state index in [0.29, 0.717) is 6.61 Å². The van der Waals surface area contributed by atoms with Crippen LogP contribution >= 0.6 is 11.6 Å². The molecule has 0 saturated heterocycles. The Morgan fingerprint density at radius 1 is 1.45 bits per heavy atom. The molecule has 0 aromatic heterocycles. The normalized spacial score (nSPS) is 12.5. The Hall–Kier alpha value is -1.49. The van der Waals surface area contributed by atoms with Crippen LogP contribution in [0.5, 0.6) is 5.75 Å². The molecule has 0 radical (unpaired) electrons. The first-order valence-electron chi connectivity index (χ1n) is 6.43. The molecular formula is C14H20ClFN2O2. The summed E-state index contributed by atoms with van der Waals surface area (Å²) in [5.74, 6) is -0.171. The van der Waals surface area contributed by atoms with Crippen LogP contribution in [-0.2, 0) is 0 Å². The first kappa shape index (κ1) is 16.6. The van der Waals surface area contributed by atoms with E-state index in [0.717, 1.165) is 19.3 Å². The minimum atomic E-state index is -0.463. The molecule has 0 bridgehead atoms. The minimum absolute atomic E-state index is 0.0878. The van der Waals surface area contributed by atoms with Crippen LogP contribution in [0.2, 0.25) is 5.02 Å². The molecule has 3 N–H and O–H groups in total. The highest BCUT2D eigenvalue weighted by molar-refractivity contribution is 6.32. The molecule has 6 heteroatoms. The van der Waals surface area contributed by atoms with Crippen molar-refractivity contribution in [2.24, 2.45) is 16.3 Å². The average Bonchev–Trinajstić information content (AvgIpc) is 2.40. The van der Waals surface area contributed by atoms with E-state index in [4.69, 9.17) is 27.3 Å². The molecular weight excluding hydrogens is 283 g/mol. The number of nitrogens with zero attached hydrogens (tertiary/aromatic N) is 1. The Morgan fingerprint density at radius 2 is 2.15 bits per heavy atom. The van der Waals surface area contributed by atoms with Gasteiger partial charge >= 0.3 is 0 Å². The molecule has 4 nitrogen and oxygen atoms in total. The van der Waals surface area contributed by atoms with Crippen molar-refractivity contribution >= 4 is 17.4 Å². The smallest absolute Gasteiger partial charge is 0.173 e. The Bertz CT molecular complexity index is 458. The van der Waals surface area contributed by atoms with E-state index < -0.39 is 5.82 Å². The second-order valence-electron chi connectivity index (χ2n) is 5.23. The number of benzene rings is 1. The van der Waals surface area contributed by atoms with Crippen LogP contribution in [-0.4, -0.2) is 17.6 Å². The Kier molecular flexibility index (Phi) is 6.07. The third-order valence-corrected chi connectivity index (χ3v) is 3.46. The van der Waals surface area contributed by atoms with Gasteiger partial charge in [0.25, 0.3) is 0 Å². The standard InChI is InChI=1S/C14H20ClFN2O2/c1-14(2,13(17)18-19)8-3-4-9-20-12-10(15)6-5-7-11(12)16/h5-7,19H,3-4,8-9H2,1-2H3,(H2,17,18). The molecule has 0 aliphatic carbocycles. The molecule has 0 amide bonds. The maximum Gasteiger partial charge on any atom is 0.173 e. The summed E-state index contributed by atoms with van der Waals surface area (Å²) in [5.41, 5.74) is 5.23. The molecule has 20 heavy (non-hydrogen) atoms. The lowest BCUT2D eigenvalue weighted by atomic mass is 9.86. The third kappa shape index (κ3) is 4.56. The molecule has 1 aromatic rings. The Labute approximate surface area is 123 Å². The monoisotopic (exact) mass is 302 g/mol. The van der Waals surface area contributed by atoms with Crippen LogP contribution in [0.4, 0.5) is 4.39 Å². The molecule has 1 aromatic carbocycles. The van der Waals surface area contributed by atoms with E-state index in [-0.39, 0.29) is 22.0 Å². The largest absolute Gasteiger partial charge is 0.489 e. The highest BCUT2D eigenvalue weighted by atomic mass is 35.5. The number of hydrogen-bond acceptors (Lipinski definition) is 3. The fraction of sp³-hybridized carbons (Fsp3) is 0.500. The number of ether oxygens (including phenoxy) is 1. The molecule has 0 atom stereocenters. The van der Waals surface area contributed by atoms with Crippen LogP contribution in [0, 0.1) is 11.2 Å². The van der Waals surface area contributed by atoms with Gasteiger partial charge in [-0.15, -0.1) is 0 Å². The van der Waals surface area contributed by atoms with Gasteiger partial charge in [-0.2, -0.15) is 0 Å². The highest BCUT2D eigenvalue weighted by Crippen LogP contribution is 2.28. The fourth-order valence-electron chi connectivity index (χ4n) is 1.73. The lowest BCUT2D eigenvalue weighted by Gasteiger charge is -2.22. The third-order valence-electron chi connectivity index (χ3n) is 3.16. The van der Waals surface area contributed by atoms with Gasteiger partial charge in [0.15, 0.2) is 11.6 Å². The maximum absolute atomic E-state index is 13.4. The van der Waals surface area contributed by atoms with Gasteiger partial charge in [-0.05, 0) is 31.4 Å². The van der Waals surface area contributed by atoms with Crippen LogP contribution in [0.25, 0.3) is 0 Å². The van der Waals surface area contributed by atoms with E-state index >= 15 is 0 Å². The highest BCUT2D eigenvalue weighted by Gasteiger charge is 2.22. The number of rotatable bonds is 7. The lowest BCUT2D eigenvalue weighted by molar-refractivity contribution is 0.279. The molecule has 112 valence electrons. The quantitative estimate of drug-likeness (QED) is 0.265. The maximum atomic E-state index is 13.4. The van der Waals surface area contributed by atoms with Gasteiger partial charge in [-0.1, -0.05) is 36.7 Å². The second-order valence-corrected chi connectivity index (χ2v) is 5.63. The van der Waals surface area contributed by atoms with Crippen molar-refractivity contribution in [1.82, 2.24) is 0 Å². The number of amidine groups is 1. The van der Waals surface area contributed by atoms with E-state index in [1.165, 1.54) is 12.1 Å². The molecule has 0 unspecified atom stereocenters. The SMILES string of the molecule is CC(C)(CCCCOc1c(F)cccc1Cl)/C(N)=N/O. The molecule has 0 saturated carbocycles. The summed E-state index contributed by atoms with van der Waals surface area (Å²) >= 11 is 5.85. The van der Waals surface area contributed by atoms with E-state index in [2.05, 4.69) is 5.16 Å². The Balaban J connectivity index is 2.36. The first-order chi connectivity index (χ1) is 9.38. The van der Waals surface area contributed by atoms with Crippen molar-refractivity contribution in [1.29, 1.82) is 0 Å².